The Hall–Kier alpha value is -3.56. The van der Waals surface area contributed by atoms with Crippen molar-refractivity contribution in [3.63, 3.8) is 0 Å². The van der Waals surface area contributed by atoms with Crippen molar-refractivity contribution in [2.24, 2.45) is 10.1 Å². The highest BCUT2D eigenvalue weighted by atomic mass is 79.9. The first-order chi connectivity index (χ1) is 16.5. The molecule has 0 atom stereocenters. The summed E-state index contributed by atoms with van der Waals surface area (Å²) >= 11 is 4.79. The molecule has 1 amide bonds. The van der Waals surface area contributed by atoms with Crippen molar-refractivity contribution in [1.82, 2.24) is 9.99 Å². The summed E-state index contributed by atoms with van der Waals surface area (Å²) < 4.78 is 6.70. The zero-order valence-electron chi connectivity index (χ0n) is 18.0. The average molecular weight is 532 g/mol. The van der Waals surface area contributed by atoms with E-state index in [1.807, 2.05) is 55.5 Å². The van der Waals surface area contributed by atoms with Crippen molar-refractivity contribution >= 4 is 55.7 Å². The summed E-state index contributed by atoms with van der Waals surface area (Å²) in [6, 6.07) is 17.4. The molecule has 1 aromatic heterocycles. The number of halogens is 1. The van der Waals surface area contributed by atoms with Crippen LogP contribution in [0.2, 0.25) is 0 Å². The molecule has 2 aromatic carbocycles. The number of rotatable bonds is 5. The highest BCUT2D eigenvalue weighted by molar-refractivity contribution is 9.10. The Morgan fingerprint density at radius 2 is 2.06 bits per heavy atom. The van der Waals surface area contributed by atoms with E-state index in [4.69, 9.17) is 10.1 Å². The van der Waals surface area contributed by atoms with Gasteiger partial charge in [-0.2, -0.15) is 15.1 Å². The molecule has 168 valence electrons. The zero-order chi connectivity index (χ0) is 23.7. The van der Waals surface area contributed by atoms with Gasteiger partial charge in [0.15, 0.2) is 5.84 Å². The van der Waals surface area contributed by atoms with Crippen LogP contribution < -0.4 is 4.74 Å². The minimum atomic E-state index is -0.470. The summed E-state index contributed by atoms with van der Waals surface area (Å²) in [6.07, 6.45) is 5.01. The number of carbonyl (C=O) groups is 1. The maximum atomic E-state index is 12.7. The van der Waals surface area contributed by atoms with Gasteiger partial charge in [-0.15, -0.1) is 0 Å². The van der Waals surface area contributed by atoms with Gasteiger partial charge >= 0.3 is 0 Å². The fraction of sp³-hybridized carbons (Fsp3) is 0.0800. The molecular formula is C25H18BrN5O2S. The summed E-state index contributed by atoms with van der Waals surface area (Å²) in [5.74, 6) is 0.204. The fourth-order valence-electron chi connectivity index (χ4n) is 3.45. The number of hydrogen-bond donors (Lipinski definition) is 1. The minimum Gasteiger partial charge on any atom is -0.488 e. The second-order valence-corrected chi connectivity index (χ2v) is 9.44. The predicted molar refractivity (Wildman–Crippen MR) is 138 cm³/mol. The van der Waals surface area contributed by atoms with E-state index in [9.17, 15) is 4.79 Å². The largest absolute Gasteiger partial charge is 0.488 e. The third-order valence-corrected chi connectivity index (χ3v) is 6.68. The molecule has 0 spiro atoms. The van der Waals surface area contributed by atoms with Crippen molar-refractivity contribution in [1.29, 1.82) is 5.41 Å². The van der Waals surface area contributed by atoms with E-state index >= 15 is 0 Å². The van der Waals surface area contributed by atoms with Gasteiger partial charge in [-0.25, -0.2) is 0 Å². The summed E-state index contributed by atoms with van der Waals surface area (Å²) in [4.78, 5) is 20.9. The van der Waals surface area contributed by atoms with Gasteiger partial charge in [0.25, 0.3) is 5.91 Å². The summed E-state index contributed by atoms with van der Waals surface area (Å²) in [7, 11) is 0. The van der Waals surface area contributed by atoms with Crippen LogP contribution in [-0.2, 0) is 11.4 Å². The summed E-state index contributed by atoms with van der Waals surface area (Å²) in [5.41, 5.74) is 3.98. The first-order valence-corrected chi connectivity index (χ1v) is 12.0. The first kappa shape index (κ1) is 22.2. The van der Waals surface area contributed by atoms with Crippen molar-refractivity contribution in [3.8, 4) is 5.75 Å². The molecule has 5 rings (SSSR count). The number of fused-ring (bicyclic) bond motifs is 1. The number of hydrogen-bond acceptors (Lipinski definition) is 6. The zero-order valence-corrected chi connectivity index (χ0v) is 20.4. The lowest BCUT2D eigenvalue weighted by atomic mass is 10.1. The lowest BCUT2D eigenvalue weighted by Crippen LogP contribution is -2.35. The number of pyridine rings is 1. The Labute approximate surface area is 208 Å². The predicted octanol–water partition coefficient (Wildman–Crippen LogP) is 5.40. The van der Waals surface area contributed by atoms with Crippen LogP contribution in [0.4, 0.5) is 0 Å². The molecule has 7 nitrogen and oxygen atoms in total. The van der Waals surface area contributed by atoms with Gasteiger partial charge in [0.1, 0.15) is 17.4 Å². The molecular weight excluding hydrogens is 514 g/mol. The average Bonchev–Trinajstić information content (AvgIpc) is 3.26. The molecule has 0 aliphatic carbocycles. The lowest BCUT2D eigenvalue weighted by Gasteiger charge is -2.20. The number of nitrogens with one attached hydrogen (secondary N) is 1. The lowest BCUT2D eigenvalue weighted by molar-refractivity contribution is -0.114. The molecule has 0 radical (unpaired) electrons. The second-order valence-electron chi connectivity index (χ2n) is 7.63. The number of thioether (sulfide) groups is 1. The van der Waals surface area contributed by atoms with Gasteiger partial charge < -0.3 is 4.74 Å². The molecule has 3 heterocycles. The molecule has 0 unspecified atom stereocenters. The molecule has 2 aliphatic heterocycles. The van der Waals surface area contributed by atoms with E-state index in [0.717, 1.165) is 21.2 Å². The highest BCUT2D eigenvalue weighted by Gasteiger charge is 2.36. The normalized spacial score (nSPS) is 16.4. The summed E-state index contributed by atoms with van der Waals surface area (Å²) in [5, 5.41) is 15.4. The van der Waals surface area contributed by atoms with Gasteiger partial charge in [0, 0.05) is 18.0 Å². The van der Waals surface area contributed by atoms with Crippen LogP contribution in [0.25, 0.3) is 6.08 Å². The van der Waals surface area contributed by atoms with Crippen LogP contribution >= 0.6 is 27.7 Å². The number of aliphatic imine (C=N–C) groups is 1. The van der Waals surface area contributed by atoms with E-state index < -0.39 is 5.91 Å². The molecule has 0 saturated carbocycles. The smallest absolute Gasteiger partial charge is 0.283 e. The van der Waals surface area contributed by atoms with Crippen molar-refractivity contribution in [3.05, 3.63) is 99.3 Å². The Morgan fingerprint density at radius 1 is 1.18 bits per heavy atom. The molecule has 3 aromatic rings. The van der Waals surface area contributed by atoms with Crippen LogP contribution in [-0.4, -0.2) is 31.9 Å². The third-order valence-electron chi connectivity index (χ3n) is 5.11. The van der Waals surface area contributed by atoms with Gasteiger partial charge in [0.2, 0.25) is 5.17 Å². The van der Waals surface area contributed by atoms with Crippen LogP contribution in [0.1, 0.15) is 22.3 Å². The van der Waals surface area contributed by atoms with E-state index in [-0.39, 0.29) is 11.4 Å². The van der Waals surface area contributed by atoms with Crippen LogP contribution in [0.5, 0.6) is 5.75 Å². The van der Waals surface area contributed by atoms with Crippen molar-refractivity contribution < 1.29 is 9.53 Å². The molecule has 2 aliphatic rings. The molecule has 0 bridgehead atoms. The third kappa shape index (κ3) is 4.57. The number of aryl methyl sites for hydroxylation is 1. The molecule has 1 N–H and O–H groups in total. The minimum absolute atomic E-state index is 0.0164. The van der Waals surface area contributed by atoms with Crippen molar-refractivity contribution in [2.45, 2.75) is 13.5 Å². The molecule has 9 heteroatoms. The van der Waals surface area contributed by atoms with E-state index in [1.54, 1.807) is 18.5 Å². The Balaban J connectivity index is 1.35. The number of carbonyl (C=O) groups excluding carboxylic acids is 1. The van der Waals surface area contributed by atoms with Gasteiger partial charge in [0.05, 0.1) is 10.0 Å². The number of hydrazone groups is 1. The first-order valence-electron chi connectivity index (χ1n) is 10.4. The number of amides is 1. The monoisotopic (exact) mass is 531 g/mol. The number of amidine groups is 2. The second kappa shape index (κ2) is 9.36. The maximum absolute atomic E-state index is 12.7. The van der Waals surface area contributed by atoms with Gasteiger partial charge in [-0.05, 0) is 76.1 Å². The van der Waals surface area contributed by atoms with E-state index in [1.165, 1.54) is 22.3 Å². The van der Waals surface area contributed by atoms with Crippen molar-refractivity contribution in [2.75, 3.05) is 0 Å². The Kier molecular flexibility index (Phi) is 6.12. The fourth-order valence-corrected chi connectivity index (χ4v) is 4.84. The van der Waals surface area contributed by atoms with Crippen LogP contribution in [0.3, 0.4) is 0 Å². The van der Waals surface area contributed by atoms with Gasteiger partial charge in [-0.1, -0.05) is 35.9 Å². The number of ether oxygens (including phenoxy) is 1. The maximum Gasteiger partial charge on any atom is 0.283 e. The SMILES string of the molecule is Cc1cccc(COc2ccc(/C=C3/C(=N)N4N=C(c5cccnc5)SC4=NC3=O)cc2Br)c1. The van der Waals surface area contributed by atoms with E-state index in [2.05, 4.69) is 37.1 Å². The quantitative estimate of drug-likeness (QED) is 0.445. The van der Waals surface area contributed by atoms with E-state index in [0.29, 0.717) is 22.6 Å². The molecule has 0 fully saturated rings. The number of benzene rings is 2. The van der Waals surface area contributed by atoms with Crippen LogP contribution in [0.15, 0.2) is 87.1 Å². The Bertz CT molecular complexity index is 1400. The van der Waals surface area contributed by atoms with Crippen LogP contribution in [0, 0.1) is 12.3 Å². The van der Waals surface area contributed by atoms with Gasteiger partial charge in [-0.3, -0.25) is 15.2 Å². The Morgan fingerprint density at radius 3 is 2.82 bits per heavy atom. The number of aromatic nitrogens is 1. The number of nitrogens with zero attached hydrogens (tertiary/aromatic N) is 4. The highest BCUT2D eigenvalue weighted by Crippen LogP contribution is 2.32. The topological polar surface area (TPSA) is 91.0 Å². The molecule has 0 saturated heterocycles. The standard InChI is InChI=1S/C25H18BrN5O2S/c1-15-4-2-5-17(10-15)14-33-21-8-7-16(12-20(21)26)11-19-22(27)31-25(29-23(19)32)34-24(30-31)18-6-3-9-28-13-18/h2-13,27H,14H2,1H3/b19-11-,27-22?. The summed E-state index contributed by atoms with van der Waals surface area (Å²) in [6.45, 7) is 2.50. The molecule has 34 heavy (non-hydrogen) atoms.